The topological polar surface area (TPSA) is 98.7 Å². The van der Waals surface area contributed by atoms with Crippen LogP contribution in [-0.2, 0) is 19.1 Å². The summed E-state index contributed by atoms with van der Waals surface area (Å²) in [4.78, 5) is 25.3. The van der Waals surface area contributed by atoms with Crippen molar-refractivity contribution < 1.29 is 28.5 Å². The molecule has 0 unspecified atom stereocenters. The van der Waals surface area contributed by atoms with Gasteiger partial charge in [-0.3, -0.25) is 9.69 Å². The molecule has 0 radical (unpaired) electrons. The largest absolute Gasteiger partial charge is 0.490 e. The van der Waals surface area contributed by atoms with E-state index < -0.39 is 5.97 Å². The lowest BCUT2D eigenvalue weighted by atomic mass is 10.2. The maximum atomic E-state index is 12.0. The van der Waals surface area contributed by atoms with E-state index in [0.29, 0.717) is 41.4 Å². The van der Waals surface area contributed by atoms with Crippen molar-refractivity contribution >= 4 is 34.0 Å². The van der Waals surface area contributed by atoms with Crippen LogP contribution in [0.2, 0.25) is 0 Å². The number of benzene rings is 1. The summed E-state index contributed by atoms with van der Waals surface area (Å²) in [5, 5.41) is 3.99. The second-order valence-electron chi connectivity index (χ2n) is 5.81. The molecule has 0 spiro atoms. The van der Waals surface area contributed by atoms with E-state index in [0.717, 1.165) is 13.1 Å². The van der Waals surface area contributed by atoms with Gasteiger partial charge in [-0.15, -0.1) is 0 Å². The fraction of sp³-hybridized carbons (Fsp3) is 0.500. The van der Waals surface area contributed by atoms with Crippen LogP contribution in [0, 0.1) is 0 Å². The zero-order valence-electron chi connectivity index (χ0n) is 15.9. The Kier molecular flexibility index (Phi) is 9.18. The Bertz CT molecular complexity index is 707. The standard InChI is InChI=1S/C18H24BrN3O6/c1-3-27-15-9-13(8-14(19)18(15)28-12-17(24)25-2)10-20-21-16(23)11-22-4-6-26-7-5-22/h8-10H,3-7,11-12H2,1-2H3,(H,21,23)/b20-10+. The molecule has 9 nitrogen and oxygen atoms in total. The molecule has 1 aliphatic rings. The molecular weight excluding hydrogens is 434 g/mol. The Labute approximate surface area is 172 Å². The van der Waals surface area contributed by atoms with Crippen LogP contribution in [0.3, 0.4) is 0 Å². The van der Waals surface area contributed by atoms with Gasteiger partial charge in [0.25, 0.3) is 5.91 Å². The molecule has 0 aromatic heterocycles. The summed E-state index contributed by atoms with van der Waals surface area (Å²) in [6, 6.07) is 3.45. The molecule has 1 aromatic rings. The Morgan fingerprint density at radius 1 is 1.32 bits per heavy atom. The van der Waals surface area contributed by atoms with E-state index in [-0.39, 0.29) is 19.1 Å². The van der Waals surface area contributed by atoms with Gasteiger partial charge in [0.1, 0.15) is 0 Å². The Morgan fingerprint density at radius 2 is 2.07 bits per heavy atom. The lowest BCUT2D eigenvalue weighted by Crippen LogP contribution is -2.42. The highest BCUT2D eigenvalue weighted by molar-refractivity contribution is 9.10. The molecule has 1 saturated heterocycles. The average Bonchev–Trinajstić information content (AvgIpc) is 2.68. The first kappa shape index (κ1) is 22.1. The smallest absolute Gasteiger partial charge is 0.343 e. The van der Waals surface area contributed by atoms with Gasteiger partial charge in [0.05, 0.1) is 44.2 Å². The Balaban J connectivity index is 1.98. The lowest BCUT2D eigenvalue weighted by Gasteiger charge is -2.25. The molecule has 0 saturated carbocycles. The summed E-state index contributed by atoms with van der Waals surface area (Å²) in [5.41, 5.74) is 3.20. The first-order valence-electron chi connectivity index (χ1n) is 8.81. The van der Waals surface area contributed by atoms with Gasteiger partial charge in [0.15, 0.2) is 18.1 Å². The number of carbonyl (C=O) groups is 2. The number of halogens is 1. The number of morpholine rings is 1. The van der Waals surface area contributed by atoms with Gasteiger partial charge in [-0.2, -0.15) is 5.10 Å². The van der Waals surface area contributed by atoms with E-state index in [2.05, 4.69) is 31.2 Å². The Hall–Kier alpha value is -2.17. The summed E-state index contributed by atoms with van der Waals surface area (Å²) in [6.07, 6.45) is 1.51. The zero-order chi connectivity index (χ0) is 20.4. The fourth-order valence-electron chi connectivity index (χ4n) is 2.43. The number of nitrogens with one attached hydrogen (secondary N) is 1. The maximum absolute atomic E-state index is 12.0. The summed E-state index contributed by atoms with van der Waals surface area (Å²) in [6.45, 7) is 5.02. The van der Waals surface area contributed by atoms with Crippen molar-refractivity contribution in [2.45, 2.75) is 6.92 Å². The molecule has 28 heavy (non-hydrogen) atoms. The van der Waals surface area contributed by atoms with E-state index in [1.807, 2.05) is 11.8 Å². The third-order valence-electron chi connectivity index (χ3n) is 3.77. The Morgan fingerprint density at radius 3 is 2.75 bits per heavy atom. The first-order valence-corrected chi connectivity index (χ1v) is 9.60. The highest BCUT2D eigenvalue weighted by atomic mass is 79.9. The SMILES string of the molecule is CCOc1cc(/C=N/NC(=O)CN2CCOCC2)cc(Br)c1OCC(=O)OC. The molecule has 2 rings (SSSR count). The monoisotopic (exact) mass is 457 g/mol. The number of hydrogen-bond acceptors (Lipinski definition) is 8. The van der Waals surface area contributed by atoms with Crippen LogP contribution in [0.1, 0.15) is 12.5 Å². The van der Waals surface area contributed by atoms with E-state index in [9.17, 15) is 9.59 Å². The minimum Gasteiger partial charge on any atom is -0.490 e. The van der Waals surface area contributed by atoms with Gasteiger partial charge < -0.3 is 18.9 Å². The summed E-state index contributed by atoms with van der Waals surface area (Å²) in [5.74, 6) is 0.144. The first-order chi connectivity index (χ1) is 13.5. The van der Waals surface area contributed by atoms with Crippen molar-refractivity contribution in [2.24, 2.45) is 5.10 Å². The predicted octanol–water partition coefficient (Wildman–Crippen LogP) is 1.18. The molecule has 154 valence electrons. The van der Waals surface area contributed by atoms with Gasteiger partial charge in [0, 0.05) is 13.1 Å². The highest BCUT2D eigenvalue weighted by Gasteiger charge is 2.15. The molecule has 10 heteroatoms. The zero-order valence-corrected chi connectivity index (χ0v) is 17.5. The number of methoxy groups -OCH3 is 1. The van der Waals surface area contributed by atoms with Crippen LogP contribution in [0.25, 0.3) is 0 Å². The second-order valence-corrected chi connectivity index (χ2v) is 6.66. The predicted molar refractivity (Wildman–Crippen MR) is 106 cm³/mol. The fourth-order valence-corrected chi connectivity index (χ4v) is 3.01. The van der Waals surface area contributed by atoms with Crippen molar-refractivity contribution in [3.05, 3.63) is 22.2 Å². The maximum Gasteiger partial charge on any atom is 0.343 e. The number of hydrazone groups is 1. The van der Waals surface area contributed by atoms with Crippen LogP contribution in [0.5, 0.6) is 11.5 Å². The van der Waals surface area contributed by atoms with Crippen molar-refractivity contribution in [2.75, 3.05) is 53.2 Å². The number of esters is 1. The number of nitrogens with zero attached hydrogens (tertiary/aromatic N) is 2. The number of amides is 1. The van der Waals surface area contributed by atoms with Crippen LogP contribution < -0.4 is 14.9 Å². The molecule has 1 aromatic carbocycles. The van der Waals surface area contributed by atoms with Crippen molar-refractivity contribution in [1.82, 2.24) is 10.3 Å². The van der Waals surface area contributed by atoms with Gasteiger partial charge in [-0.25, -0.2) is 10.2 Å². The van der Waals surface area contributed by atoms with E-state index in [1.165, 1.54) is 13.3 Å². The van der Waals surface area contributed by atoms with Gasteiger partial charge in [-0.1, -0.05) is 0 Å². The molecule has 1 N–H and O–H groups in total. The number of hydrogen-bond donors (Lipinski definition) is 1. The van der Waals surface area contributed by atoms with Crippen molar-refractivity contribution in [3.63, 3.8) is 0 Å². The third kappa shape index (κ3) is 7.10. The van der Waals surface area contributed by atoms with Crippen molar-refractivity contribution in [3.8, 4) is 11.5 Å². The number of rotatable bonds is 9. The van der Waals surface area contributed by atoms with Gasteiger partial charge in [0.2, 0.25) is 0 Å². The molecule has 0 atom stereocenters. The minimum absolute atomic E-state index is 0.194. The van der Waals surface area contributed by atoms with Crippen LogP contribution in [0.4, 0.5) is 0 Å². The molecule has 1 aliphatic heterocycles. The summed E-state index contributed by atoms with van der Waals surface area (Å²) in [7, 11) is 1.29. The van der Waals surface area contributed by atoms with Crippen LogP contribution in [0.15, 0.2) is 21.7 Å². The van der Waals surface area contributed by atoms with Crippen LogP contribution in [-0.4, -0.2) is 76.2 Å². The van der Waals surface area contributed by atoms with Gasteiger partial charge in [-0.05, 0) is 40.5 Å². The molecular formula is C18H24BrN3O6. The minimum atomic E-state index is -0.497. The molecule has 0 bridgehead atoms. The quantitative estimate of drug-likeness (QED) is 0.337. The van der Waals surface area contributed by atoms with Crippen LogP contribution >= 0.6 is 15.9 Å². The summed E-state index contributed by atoms with van der Waals surface area (Å²) < 4.78 is 21.5. The van der Waals surface area contributed by atoms with E-state index in [4.69, 9.17) is 14.2 Å². The number of ether oxygens (including phenoxy) is 4. The normalized spacial score (nSPS) is 14.7. The second kappa shape index (κ2) is 11.6. The summed E-state index contributed by atoms with van der Waals surface area (Å²) >= 11 is 3.40. The molecule has 0 aliphatic carbocycles. The molecule has 1 fully saturated rings. The van der Waals surface area contributed by atoms with Crippen molar-refractivity contribution in [1.29, 1.82) is 0 Å². The van der Waals surface area contributed by atoms with E-state index >= 15 is 0 Å². The van der Waals surface area contributed by atoms with E-state index in [1.54, 1.807) is 12.1 Å². The number of carbonyl (C=O) groups excluding carboxylic acids is 2. The molecule has 1 amide bonds. The average molecular weight is 458 g/mol. The lowest BCUT2D eigenvalue weighted by molar-refractivity contribution is -0.143. The third-order valence-corrected chi connectivity index (χ3v) is 4.36. The molecule has 1 heterocycles. The van der Waals surface area contributed by atoms with Gasteiger partial charge >= 0.3 is 5.97 Å². The highest BCUT2D eigenvalue weighted by Crippen LogP contribution is 2.36.